The summed E-state index contributed by atoms with van der Waals surface area (Å²) in [4.78, 5) is 27.4. The van der Waals surface area contributed by atoms with Crippen LogP contribution < -0.4 is 5.32 Å². The predicted molar refractivity (Wildman–Crippen MR) is 91.6 cm³/mol. The van der Waals surface area contributed by atoms with Gasteiger partial charge < -0.3 is 10.4 Å². The molecule has 6 heteroatoms. The highest BCUT2D eigenvalue weighted by atomic mass is 32.1. The Morgan fingerprint density at radius 2 is 2.04 bits per heavy atom. The van der Waals surface area contributed by atoms with E-state index >= 15 is 0 Å². The second-order valence-corrected chi connectivity index (χ2v) is 7.35. The van der Waals surface area contributed by atoms with E-state index in [2.05, 4.69) is 10.3 Å². The highest BCUT2D eigenvalue weighted by Gasteiger charge is 2.25. The minimum atomic E-state index is -0.899. The summed E-state index contributed by atoms with van der Waals surface area (Å²) in [6, 6.07) is 7.49. The number of carbonyl (C=O) groups excluding carboxylic acids is 1. The maximum Gasteiger partial charge on any atom is 0.303 e. The molecule has 1 aromatic carbocycles. The van der Waals surface area contributed by atoms with Crippen molar-refractivity contribution in [1.82, 2.24) is 4.98 Å². The van der Waals surface area contributed by atoms with Crippen LogP contribution in [0.1, 0.15) is 31.7 Å². The van der Waals surface area contributed by atoms with Crippen molar-refractivity contribution < 1.29 is 14.7 Å². The van der Waals surface area contributed by atoms with E-state index in [1.54, 1.807) is 25.2 Å². The zero-order valence-corrected chi connectivity index (χ0v) is 14.2. The first-order valence-electron chi connectivity index (χ1n) is 7.29. The van der Waals surface area contributed by atoms with Crippen LogP contribution in [0.5, 0.6) is 0 Å². The van der Waals surface area contributed by atoms with E-state index in [0.29, 0.717) is 5.69 Å². The summed E-state index contributed by atoms with van der Waals surface area (Å²) in [5.41, 5.74) is 1.93. The van der Waals surface area contributed by atoms with Crippen molar-refractivity contribution in [3.63, 3.8) is 0 Å². The van der Waals surface area contributed by atoms with Gasteiger partial charge in [0.15, 0.2) is 0 Å². The Morgan fingerprint density at radius 3 is 2.65 bits per heavy atom. The number of thiazole rings is 1. The molecule has 1 aromatic heterocycles. The molecule has 2 N–H and O–H groups in total. The molecule has 0 unspecified atom stereocenters. The van der Waals surface area contributed by atoms with Crippen LogP contribution in [0.15, 0.2) is 29.6 Å². The lowest BCUT2D eigenvalue weighted by molar-refractivity contribution is -0.139. The lowest BCUT2D eigenvalue weighted by Gasteiger charge is -2.21. The minimum absolute atomic E-state index is 0.0431. The molecule has 0 bridgehead atoms. The Bertz CT molecular complexity index is 722. The topological polar surface area (TPSA) is 79.3 Å². The number of aryl methyl sites for hydroxylation is 1. The van der Waals surface area contributed by atoms with Crippen LogP contribution in [0.3, 0.4) is 0 Å². The Kier molecular flexibility index (Phi) is 5.15. The van der Waals surface area contributed by atoms with Crippen LogP contribution in [-0.2, 0) is 9.59 Å². The van der Waals surface area contributed by atoms with Gasteiger partial charge in [-0.1, -0.05) is 26.0 Å². The number of carboxylic acid groups (broad SMARTS) is 1. The van der Waals surface area contributed by atoms with Gasteiger partial charge in [-0.05, 0) is 24.5 Å². The van der Waals surface area contributed by atoms with Gasteiger partial charge >= 0.3 is 5.97 Å². The molecule has 0 fully saturated rings. The zero-order chi connectivity index (χ0) is 17.0. The molecule has 5 nitrogen and oxygen atoms in total. The number of hydrogen-bond donors (Lipinski definition) is 2. The van der Waals surface area contributed by atoms with Gasteiger partial charge in [-0.15, -0.1) is 11.3 Å². The van der Waals surface area contributed by atoms with Gasteiger partial charge in [0.2, 0.25) is 5.91 Å². The zero-order valence-electron chi connectivity index (χ0n) is 13.4. The molecule has 0 aliphatic heterocycles. The molecule has 1 amide bonds. The van der Waals surface area contributed by atoms with E-state index < -0.39 is 11.4 Å². The first-order chi connectivity index (χ1) is 10.7. The lowest BCUT2D eigenvalue weighted by Crippen LogP contribution is -2.24. The van der Waals surface area contributed by atoms with Gasteiger partial charge in [-0.25, -0.2) is 4.98 Å². The van der Waals surface area contributed by atoms with Gasteiger partial charge in [0.1, 0.15) is 0 Å². The average molecular weight is 332 g/mol. The fourth-order valence-corrected chi connectivity index (χ4v) is 2.99. The number of benzene rings is 1. The Morgan fingerprint density at radius 1 is 1.30 bits per heavy atom. The highest BCUT2D eigenvalue weighted by molar-refractivity contribution is 7.09. The molecule has 2 aromatic rings. The molecule has 0 saturated carbocycles. The van der Waals surface area contributed by atoms with Crippen LogP contribution in [0.2, 0.25) is 0 Å². The molecule has 2 rings (SSSR count). The van der Waals surface area contributed by atoms with Crippen molar-refractivity contribution in [2.24, 2.45) is 5.41 Å². The number of aliphatic carboxylic acids is 1. The number of nitrogens with zero attached hydrogens (tertiary/aromatic N) is 1. The SMILES string of the molecule is Cc1nc(-c2cccc(NC(=O)CC(C)(C)CC(=O)O)c2)cs1. The minimum Gasteiger partial charge on any atom is -0.481 e. The molecule has 122 valence electrons. The van der Waals surface area contributed by atoms with E-state index in [1.807, 2.05) is 36.6 Å². The smallest absolute Gasteiger partial charge is 0.303 e. The molecular formula is C17H20N2O3S. The van der Waals surface area contributed by atoms with Gasteiger partial charge in [-0.3, -0.25) is 9.59 Å². The Hall–Kier alpha value is -2.21. The van der Waals surface area contributed by atoms with Gasteiger partial charge in [0.05, 0.1) is 17.1 Å². The molecule has 0 aliphatic rings. The molecule has 0 spiro atoms. The van der Waals surface area contributed by atoms with E-state index in [4.69, 9.17) is 5.11 Å². The second-order valence-electron chi connectivity index (χ2n) is 6.29. The standard InChI is InChI=1S/C17H20N2O3S/c1-11-18-14(10-23-11)12-5-4-6-13(7-12)19-15(20)8-17(2,3)9-16(21)22/h4-7,10H,8-9H2,1-3H3,(H,19,20)(H,21,22). The van der Waals surface area contributed by atoms with Crippen LogP contribution in [0.4, 0.5) is 5.69 Å². The van der Waals surface area contributed by atoms with Crippen LogP contribution in [0, 0.1) is 12.3 Å². The predicted octanol–water partition coefficient (Wildman–Crippen LogP) is 3.95. The summed E-state index contributed by atoms with van der Waals surface area (Å²) in [5.74, 6) is -1.09. The number of anilines is 1. The van der Waals surface area contributed by atoms with Crippen molar-refractivity contribution in [3.05, 3.63) is 34.7 Å². The first-order valence-corrected chi connectivity index (χ1v) is 8.17. The molecule has 0 saturated heterocycles. The van der Waals surface area contributed by atoms with Crippen molar-refractivity contribution in [1.29, 1.82) is 0 Å². The van der Waals surface area contributed by atoms with E-state index in [1.165, 1.54) is 0 Å². The Balaban J connectivity index is 2.06. The third-order valence-electron chi connectivity index (χ3n) is 3.33. The molecule has 0 atom stereocenters. The fraction of sp³-hybridized carbons (Fsp3) is 0.353. The van der Waals surface area contributed by atoms with Crippen LogP contribution in [0.25, 0.3) is 11.3 Å². The summed E-state index contributed by atoms with van der Waals surface area (Å²) in [6.45, 7) is 5.49. The van der Waals surface area contributed by atoms with Gasteiger partial charge in [0, 0.05) is 23.1 Å². The number of rotatable bonds is 6. The third-order valence-corrected chi connectivity index (χ3v) is 4.10. The largest absolute Gasteiger partial charge is 0.481 e. The summed E-state index contributed by atoms with van der Waals surface area (Å²) in [7, 11) is 0. The number of nitrogens with one attached hydrogen (secondary N) is 1. The molecule has 0 radical (unpaired) electrons. The fourth-order valence-electron chi connectivity index (χ4n) is 2.36. The average Bonchev–Trinajstić information content (AvgIpc) is 2.83. The molecule has 1 heterocycles. The number of amides is 1. The summed E-state index contributed by atoms with van der Waals surface area (Å²) < 4.78 is 0. The molecular weight excluding hydrogens is 312 g/mol. The summed E-state index contributed by atoms with van der Waals surface area (Å²) >= 11 is 1.58. The van der Waals surface area contributed by atoms with Crippen LogP contribution >= 0.6 is 11.3 Å². The maximum absolute atomic E-state index is 12.1. The monoisotopic (exact) mass is 332 g/mol. The number of hydrogen-bond acceptors (Lipinski definition) is 4. The normalized spacial score (nSPS) is 11.3. The number of carboxylic acids is 1. The molecule has 23 heavy (non-hydrogen) atoms. The molecule has 0 aliphatic carbocycles. The first kappa shape index (κ1) is 17.1. The quantitative estimate of drug-likeness (QED) is 0.839. The van der Waals surface area contributed by atoms with Crippen molar-refractivity contribution in [2.45, 2.75) is 33.6 Å². The second kappa shape index (κ2) is 6.91. The third kappa shape index (κ3) is 5.17. The van der Waals surface area contributed by atoms with Crippen LogP contribution in [-0.4, -0.2) is 22.0 Å². The highest BCUT2D eigenvalue weighted by Crippen LogP contribution is 2.27. The number of carbonyl (C=O) groups is 2. The van der Waals surface area contributed by atoms with E-state index in [-0.39, 0.29) is 18.7 Å². The summed E-state index contributed by atoms with van der Waals surface area (Å²) in [6.07, 6.45) is 0.109. The summed E-state index contributed by atoms with van der Waals surface area (Å²) in [5, 5.41) is 14.7. The van der Waals surface area contributed by atoms with Crippen molar-refractivity contribution >= 4 is 28.9 Å². The van der Waals surface area contributed by atoms with Crippen molar-refractivity contribution in [2.75, 3.05) is 5.32 Å². The lowest BCUT2D eigenvalue weighted by atomic mass is 9.85. The maximum atomic E-state index is 12.1. The van der Waals surface area contributed by atoms with E-state index in [0.717, 1.165) is 16.3 Å². The van der Waals surface area contributed by atoms with E-state index in [9.17, 15) is 9.59 Å². The number of aromatic nitrogens is 1. The van der Waals surface area contributed by atoms with Crippen molar-refractivity contribution in [3.8, 4) is 11.3 Å². The van der Waals surface area contributed by atoms with Gasteiger partial charge in [0.25, 0.3) is 0 Å². The Labute approximate surface area is 139 Å². The van der Waals surface area contributed by atoms with Gasteiger partial charge in [-0.2, -0.15) is 0 Å².